The Labute approximate surface area is 101 Å². The fourth-order valence-corrected chi connectivity index (χ4v) is 1.79. The first kappa shape index (κ1) is 11.9. The van der Waals surface area contributed by atoms with Gasteiger partial charge in [-0.15, -0.1) is 0 Å². The molecule has 0 fully saturated rings. The molecule has 0 unspecified atom stereocenters. The SMILES string of the molecule is CN(c1ccc2c(c1)ncn2C)C(C)(C)CO. The lowest BCUT2D eigenvalue weighted by atomic mass is 10.0. The van der Waals surface area contributed by atoms with Crippen LogP contribution in [0.2, 0.25) is 0 Å². The molecule has 0 aliphatic rings. The number of fused-ring (bicyclic) bond motifs is 1. The molecular formula is C13H19N3O. The maximum absolute atomic E-state index is 9.38. The molecule has 4 nitrogen and oxygen atoms in total. The summed E-state index contributed by atoms with van der Waals surface area (Å²) in [4.78, 5) is 6.41. The van der Waals surface area contributed by atoms with E-state index >= 15 is 0 Å². The van der Waals surface area contributed by atoms with Crippen molar-refractivity contribution < 1.29 is 5.11 Å². The molecule has 92 valence electrons. The first-order valence-corrected chi connectivity index (χ1v) is 5.71. The van der Waals surface area contributed by atoms with Crippen molar-refractivity contribution in [3.63, 3.8) is 0 Å². The van der Waals surface area contributed by atoms with E-state index in [1.807, 2.05) is 44.9 Å². The summed E-state index contributed by atoms with van der Waals surface area (Å²) in [5.41, 5.74) is 2.88. The first-order valence-electron chi connectivity index (χ1n) is 5.71. The van der Waals surface area contributed by atoms with E-state index in [1.165, 1.54) is 0 Å². The summed E-state index contributed by atoms with van der Waals surface area (Å²) >= 11 is 0. The normalized spacial score (nSPS) is 12.1. The Kier molecular flexibility index (Phi) is 2.83. The van der Waals surface area contributed by atoms with Crippen LogP contribution < -0.4 is 4.90 Å². The van der Waals surface area contributed by atoms with Gasteiger partial charge in [0.25, 0.3) is 0 Å². The van der Waals surface area contributed by atoms with Gasteiger partial charge in [-0.05, 0) is 32.0 Å². The van der Waals surface area contributed by atoms with Gasteiger partial charge in [0.15, 0.2) is 0 Å². The molecule has 1 aromatic heterocycles. The number of imidazole rings is 1. The van der Waals surface area contributed by atoms with Gasteiger partial charge in [-0.2, -0.15) is 0 Å². The molecule has 0 radical (unpaired) electrons. The molecule has 1 heterocycles. The van der Waals surface area contributed by atoms with Gasteiger partial charge in [-0.1, -0.05) is 0 Å². The van der Waals surface area contributed by atoms with Gasteiger partial charge in [0.1, 0.15) is 0 Å². The Balaban J connectivity index is 2.43. The summed E-state index contributed by atoms with van der Waals surface area (Å²) in [6.45, 7) is 4.13. The molecule has 0 aliphatic heterocycles. The molecule has 0 atom stereocenters. The van der Waals surface area contributed by atoms with Crippen molar-refractivity contribution in [2.45, 2.75) is 19.4 Å². The van der Waals surface area contributed by atoms with E-state index in [4.69, 9.17) is 0 Å². The number of aliphatic hydroxyl groups is 1. The molecular weight excluding hydrogens is 214 g/mol. The van der Waals surface area contributed by atoms with E-state index in [2.05, 4.69) is 22.0 Å². The Hall–Kier alpha value is -1.55. The minimum Gasteiger partial charge on any atom is -0.394 e. The Morgan fingerprint density at radius 2 is 2.12 bits per heavy atom. The third-order valence-electron chi connectivity index (χ3n) is 3.39. The van der Waals surface area contributed by atoms with Gasteiger partial charge in [0.05, 0.1) is 29.5 Å². The molecule has 0 bridgehead atoms. The lowest BCUT2D eigenvalue weighted by molar-refractivity contribution is 0.216. The molecule has 2 aromatic rings. The summed E-state index contributed by atoms with van der Waals surface area (Å²) in [5, 5.41) is 9.38. The Bertz CT molecular complexity index is 530. The second kappa shape index (κ2) is 4.04. The highest BCUT2D eigenvalue weighted by molar-refractivity contribution is 5.79. The molecule has 0 amide bonds. The molecule has 1 N–H and O–H groups in total. The smallest absolute Gasteiger partial charge is 0.0955 e. The highest BCUT2D eigenvalue weighted by atomic mass is 16.3. The number of benzene rings is 1. The number of rotatable bonds is 3. The van der Waals surface area contributed by atoms with Crippen LogP contribution in [0.15, 0.2) is 24.5 Å². The van der Waals surface area contributed by atoms with E-state index in [0.717, 1.165) is 16.7 Å². The standard InChI is InChI=1S/C13H19N3O/c1-13(2,8-17)16(4)10-5-6-12-11(7-10)14-9-15(12)3/h5-7,9,17H,8H2,1-4H3. The van der Waals surface area contributed by atoms with Crippen LogP contribution in [0.5, 0.6) is 0 Å². The van der Waals surface area contributed by atoms with Gasteiger partial charge in [0.2, 0.25) is 0 Å². The number of nitrogens with zero attached hydrogens (tertiary/aromatic N) is 3. The van der Waals surface area contributed by atoms with Crippen LogP contribution in [-0.4, -0.2) is 33.9 Å². The zero-order valence-electron chi connectivity index (χ0n) is 10.8. The molecule has 4 heteroatoms. The number of anilines is 1. The van der Waals surface area contributed by atoms with Crippen molar-refractivity contribution in [2.24, 2.45) is 7.05 Å². The van der Waals surface area contributed by atoms with Gasteiger partial charge in [0, 0.05) is 19.8 Å². The van der Waals surface area contributed by atoms with Crippen LogP contribution in [0.1, 0.15) is 13.8 Å². The number of hydrogen-bond donors (Lipinski definition) is 1. The van der Waals surface area contributed by atoms with Crippen molar-refractivity contribution in [1.29, 1.82) is 0 Å². The summed E-state index contributed by atoms with van der Waals surface area (Å²) in [7, 11) is 3.97. The zero-order chi connectivity index (χ0) is 12.6. The predicted molar refractivity (Wildman–Crippen MR) is 70.3 cm³/mol. The minimum atomic E-state index is -0.275. The maximum Gasteiger partial charge on any atom is 0.0955 e. The molecule has 1 aromatic carbocycles. The van der Waals surface area contributed by atoms with E-state index in [0.29, 0.717) is 0 Å². The molecule has 17 heavy (non-hydrogen) atoms. The van der Waals surface area contributed by atoms with Crippen molar-refractivity contribution in [1.82, 2.24) is 9.55 Å². The predicted octanol–water partition coefficient (Wildman–Crippen LogP) is 1.78. The van der Waals surface area contributed by atoms with Crippen LogP contribution in [0.3, 0.4) is 0 Å². The zero-order valence-corrected chi connectivity index (χ0v) is 10.8. The van der Waals surface area contributed by atoms with Crippen LogP contribution >= 0.6 is 0 Å². The number of aliphatic hydroxyl groups excluding tert-OH is 1. The second-order valence-corrected chi connectivity index (χ2v) is 5.06. The number of aromatic nitrogens is 2. The number of hydrogen-bond acceptors (Lipinski definition) is 3. The van der Waals surface area contributed by atoms with Gasteiger partial charge >= 0.3 is 0 Å². The summed E-state index contributed by atoms with van der Waals surface area (Å²) < 4.78 is 2.00. The van der Waals surface area contributed by atoms with Gasteiger partial charge in [-0.3, -0.25) is 0 Å². The Morgan fingerprint density at radius 3 is 2.76 bits per heavy atom. The van der Waals surface area contributed by atoms with E-state index < -0.39 is 0 Å². The number of aryl methyl sites for hydroxylation is 1. The van der Waals surface area contributed by atoms with E-state index in [1.54, 1.807) is 0 Å². The highest BCUT2D eigenvalue weighted by Crippen LogP contribution is 2.25. The second-order valence-electron chi connectivity index (χ2n) is 5.06. The lowest BCUT2D eigenvalue weighted by Gasteiger charge is -2.35. The monoisotopic (exact) mass is 233 g/mol. The van der Waals surface area contributed by atoms with E-state index in [-0.39, 0.29) is 12.1 Å². The van der Waals surface area contributed by atoms with E-state index in [9.17, 15) is 5.11 Å². The molecule has 0 spiro atoms. The topological polar surface area (TPSA) is 41.3 Å². The number of likely N-dealkylation sites (N-methyl/N-ethyl adjacent to an activating group) is 1. The van der Waals surface area contributed by atoms with Gasteiger partial charge < -0.3 is 14.6 Å². The minimum absolute atomic E-state index is 0.115. The summed E-state index contributed by atoms with van der Waals surface area (Å²) in [6, 6.07) is 6.16. The average Bonchev–Trinajstić information content (AvgIpc) is 2.69. The maximum atomic E-state index is 9.38. The third kappa shape index (κ3) is 2.00. The molecule has 0 saturated carbocycles. The van der Waals surface area contributed by atoms with Crippen LogP contribution in [0.25, 0.3) is 11.0 Å². The van der Waals surface area contributed by atoms with Crippen LogP contribution in [-0.2, 0) is 7.05 Å². The van der Waals surface area contributed by atoms with Crippen molar-refractivity contribution in [3.8, 4) is 0 Å². The van der Waals surface area contributed by atoms with Crippen molar-refractivity contribution in [2.75, 3.05) is 18.6 Å². The highest BCUT2D eigenvalue weighted by Gasteiger charge is 2.23. The third-order valence-corrected chi connectivity index (χ3v) is 3.39. The molecule has 2 rings (SSSR count). The average molecular weight is 233 g/mol. The fourth-order valence-electron chi connectivity index (χ4n) is 1.79. The van der Waals surface area contributed by atoms with Gasteiger partial charge in [-0.25, -0.2) is 4.98 Å². The van der Waals surface area contributed by atoms with Crippen LogP contribution in [0, 0.1) is 0 Å². The fraction of sp³-hybridized carbons (Fsp3) is 0.462. The van der Waals surface area contributed by atoms with Crippen LogP contribution in [0.4, 0.5) is 5.69 Å². The van der Waals surface area contributed by atoms with Crippen molar-refractivity contribution in [3.05, 3.63) is 24.5 Å². The lowest BCUT2D eigenvalue weighted by Crippen LogP contribution is -2.44. The van der Waals surface area contributed by atoms with Crippen molar-refractivity contribution >= 4 is 16.7 Å². The largest absolute Gasteiger partial charge is 0.394 e. The first-order chi connectivity index (χ1) is 7.95. The summed E-state index contributed by atoms with van der Waals surface area (Å²) in [5.74, 6) is 0. The quantitative estimate of drug-likeness (QED) is 0.878. The molecule has 0 aliphatic carbocycles. The molecule has 0 saturated heterocycles. The summed E-state index contributed by atoms with van der Waals surface area (Å²) in [6.07, 6.45) is 1.81. The Morgan fingerprint density at radius 1 is 1.41 bits per heavy atom.